The fourth-order valence-corrected chi connectivity index (χ4v) is 5.37. The van der Waals surface area contributed by atoms with E-state index in [-0.39, 0.29) is 5.78 Å². The van der Waals surface area contributed by atoms with Crippen LogP contribution in [0.25, 0.3) is 28.0 Å². The molecule has 0 N–H and O–H groups in total. The van der Waals surface area contributed by atoms with Gasteiger partial charge in [0.2, 0.25) is 5.95 Å². The Morgan fingerprint density at radius 2 is 1.74 bits per heavy atom. The van der Waals surface area contributed by atoms with Crippen LogP contribution in [-0.4, -0.2) is 50.3 Å². The number of aryl methyl sites for hydroxylation is 2. The summed E-state index contributed by atoms with van der Waals surface area (Å²) in [6.45, 7) is 4.85. The van der Waals surface area contributed by atoms with Gasteiger partial charge in [-0.25, -0.2) is 19.9 Å². The lowest BCUT2D eigenvalue weighted by atomic mass is 10.1. The van der Waals surface area contributed by atoms with Crippen molar-refractivity contribution in [1.82, 2.24) is 24.3 Å². The number of pyridine rings is 1. The third-order valence-corrected chi connectivity index (χ3v) is 7.67. The molecule has 0 unspecified atom stereocenters. The zero-order valence-corrected chi connectivity index (χ0v) is 22.0. The number of Topliss-reactive ketones (excluding diaryl/α,β-unsaturated/α-hetero) is 1. The summed E-state index contributed by atoms with van der Waals surface area (Å²) < 4.78 is 2.05. The summed E-state index contributed by atoms with van der Waals surface area (Å²) in [5, 5.41) is 10.6. The van der Waals surface area contributed by atoms with Gasteiger partial charge in [-0.05, 0) is 25.5 Å². The van der Waals surface area contributed by atoms with E-state index >= 15 is 0 Å². The molecule has 1 saturated heterocycles. The predicted octanol–water partition coefficient (Wildman–Crippen LogP) is 4.81. The monoisotopic (exact) mass is 520 g/mol. The van der Waals surface area contributed by atoms with E-state index in [1.807, 2.05) is 66.4 Å². The number of imidazole rings is 1. The highest BCUT2D eigenvalue weighted by atomic mass is 32.1. The highest BCUT2D eigenvalue weighted by Crippen LogP contribution is 2.37. The summed E-state index contributed by atoms with van der Waals surface area (Å²) in [7, 11) is 1.96. The topological polar surface area (TPSA) is 103 Å². The number of rotatable bonds is 6. The average Bonchev–Trinajstić information content (AvgIpc) is 3.53. The molecular weight excluding hydrogens is 496 g/mol. The van der Waals surface area contributed by atoms with Gasteiger partial charge < -0.3 is 9.80 Å². The second-order valence-corrected chi connectivity index (χ2v) is 10.2. The quantitative estimate of drug-likeness (QED) is 0.314. The number of hydrogen-bond acceptors (Lipinski definition) is 9. The maximum atomic E-state index is 11.3. The third kappa shape index (κ3) is 4.07. The number of anilines is 3. The van der Waals surface area contributed by atoms with E-state index in [0.717, 1.165) is 51.0 Å². The molecule has 5 heterocycles. The number of carbonyl (C=O) groups is 1. The molecule has 0 radical (unpaired) electrons. The molecule has 38 heavy (non-hydrogen) atoms. The van der Waals surface area contributed by atoms with E-state index < -0.39 is 0 Å². The first kappa shape index (κ1) is 23.8. The first-order valence-corrected chi connectivity index (χ1v) is 13.1. The molecule has 0 spiro atoms. The molecule has 0 atom stereocenters. The standard InChI is InChI=1S/C28H24N8OS/c1-4-22-26(34(3)28-33-25(23(11-29)38-28)18-7-5-17(2)6-8-18)36-14-19(9-10-24(36)32-22)20-12-30-27(31-13-20)35-15-21(37)16-35/h5-10,12-14H,4,15-16H2,1-3H3. The first-order chi connectivity index (χ1) is 18.4. The summed E-state index contributed by atoms with van der Waals surface area (Å²) in [4.78, 5) is 34.4. The highest BCUT2D eigenvalue weighted by molar-refractivity contribution is 7.16. The molecule has 1 fully saturated rings. The van der Waals surface area contributed by atoms with Crippen LogP contribution >= 0.6 is 11.3 Å². The summed E-state index contributed by atoms with van der Waals surface area (Å²) in [5.74, 6) is 1.65. The second-order valence-electron chi connectivity index (χ2n) is 9.26. The minimum Gasteiger partial charge on any atom is -0.326 e. The normalized spacial score (nSPS) is 13.0. The summed E-state index contributed by atoms with van der Waals surface area (Å²) >= 11 is 1.37. The number of benzene rings is 1. The van der Waals surface area contributed by atoms with Gasteiger partial charge in [0.15, 0.2) is 10.9 Å². The van der Waals surface area contributed by atoms with Crippen LogP contribution < -0.4 is 9.80 Å². The average molecular weight is 521 g/mol. The first-order valence-electron chi connectivity index (χ1n) is 12.3. The smallest absolute Gasteiger partial charge is 0.226 e. The van der Waals surface area contributed by atoms with Gasteiger partial charge in [-0.15, -0.1) is 0 Å². The Hall–Kier alpha value is -4.62. The van der Waals surface area contributed by atoms with E-state index in [1.165, 1.54) is 11.3 Å². The largest absolute Gasteiger partial charge is 0.326 e. The van der Waals surface area contributed by atoms with Crippen molar-refractivity contribution in [2.75, 3.05) is 29.9 Å². The minimum atomic E-state index is 0.194. The Labute approximate surface area is 223 Å². The predicted molar refractivity (Wildman–Crippen MR) is 148 cm³/mol. The van der Waals surface area contributed by atoms with Crippen LogP contribution in [-0.2, 0) is 11.2 Å². The molecule has 4 aromatic heterocycles. The lowest BCUT2D eigenvalue weighted by Crippen LogP contribution is -2.48. The van der Waals surface area contributed by atoms with Gasteiger partial charge in [0.25, 0.3) is 0 Å². The molecule has 1 aliphatic heterocycles. The number of aromatic nitrogens is 5. The van der Waals surface area contributed by atoms with Crippen LogP contribution in [0.1, 0.15) is 23.1 Å². The second kappa shape index (κ2) is 9.36. The Kier molecular flexibility index (Phi) is 5.85. The van der Waals surface area contributed by atoms with Gasteiger partial charge in [-0.2, -0.15) is 5.26 Å². The lowest BCUT2D eigenvalue weighted by Gasteiger charge is -2.28. The third-order valence-electron chi connectivity index (χ3n) is 6.63. The van der Waals surface area contributed by atoms with Crippen molar-refractivity contribution in [3.05, 3.63) is 71.1 Å². The maximum absolute atomic E-state index is 11.3. The number of carbonyl (C=O) groups excluding carboxylic acids is 1. The Bertz CT molecular complexity index is 1710. The Morgan fingerprint density at radius 3 is 2.39 bits per heavy atom. The summed E-state index contributed by atoms with van der Waals surface area (Å²) in [6.07, 6.45) is 6.32. The number of nitriles is 1. The van der Waals surface area contributed by atoms with Crippen molar-refractivity contribution in [3.63, 3.8) is 0 Å². The van der Waals surface area contributed by atoms with Crippen LogP contribution in [0.2, 0.25) is 0 Å². The van der Waals surface area contributed by atoms with E-state index in [0.29, 0.717) is 29.6 Å². The molecule has 9 nitrogen and oxygen atoms in total. The zero-order valence-electron chi connectivity index (χ0n) is 21.2. The van der Waals surface area contributed by atoms with Crippen LogP contribution in [0.5, 0.6) is 0 Å². The summed E-state index contributed by atoms with van der Waals surface area (Å²) in [6, 6.07) is 14.4. The number of nitrogens with zero attached hydrogens (tertiary/aromatic N) is 8. The van der Waals surface area contributed by atoms with Crippen LogP contribution in [0.15, 0.2) is 55.0 Å². The highest BCUT2D eigenvalue weighted by Gasteiger charge is 2.26. The molecule has 5 aromatic rings. The molecule has 0 aliphatic carbocycles. The van der Waals surface area contributed by atoms with E-state index in [1.54, 1.807) is 12.4 Å². The van der Waals surface area contributed by atoms with E-state index in [2.05, 4.69) is 27.4 Å². The van der Waals surface area contributed by atoms with Crippen LogP contribution in [0, 0.1) is 18.3 Å². The molecule has 6 rings (SSSR count). The molecule has 1 aliphatic rings. The van der Waals surface area contributed by atoms with Crippen LogP contribution in [0.3, 0.4) is 0 Å². The van der Waals surface area contributed by atoms with Crippen molar-refractivity contribution in [3.8, 4) is 28.5 Å². The zero-order chi connectivity index (χ0) is 26.4. The maximum Gasteiger partial charge on any atom is 0.226 e. The molecule has 1 aromatic carbocycles. The van der Waals surface area contributed by atoms with Gasteiger partial charge in [-0.1, -0.05) is 48.1 Å². The fourth-order valence-electron chi connectivity index (χ4n) is 4.52. The number of hydrogen-bond donors (Lipinski definition) is 0. The lowest BCUT2D eigenvalue weighted by molar-refractivity contribution is -0.119. The number of ketones is 1. The van der Waals surface area contributed by atoms with Crippen molar-refractivity contribution >= 4 is 39.7 Å². The minimum absolute atomic E-state index is 0.194. The molecule has 10 heteroatoms. The molecule has 0 saturated carbocycles. The van der Waals surface area contributed by atoms with Crippen molar-refractivity contribution < 1.29 is 4.79 Å². The van der Waals surface area contributed by atoms with Crippen molar-refractivity contribution in [2.45, 2.75) is 20.3 Å². The number of fused-ring (bicyclic) bond motifs is 1. The van der Waals surface area contributed by atoms with E-state index in [4.69, 9.17) is 9.97 Å². The van der Waals surface area contributed by atoms with Gasteiger partial charge in [0.1, 0.15) is 28.1 Å². The van der Waals surface area contributed by atoms with Gasteiger partial charge >= 0.3 is 0 Å². The molecule has 188 valence electrons. The Balaban J connectivity index is 1.38. The van der Waals surface area contributed by atoms with Gasteiger partial charge in [-0.3, -0.25) is 9.20 Å². The van der Waals surface area contributed by atoms with Crippen molar-refractivity contribution in [2.24, 2.45) is 0 Å². The van der Waals surface area contributed by atoms with Gasteiger partial charge in [0, 0.05) is 42.3 Å². The SMILES string of the molecule is CCc1nc2ccc(-c3cnc(N4CC(=O)C4)nc3)cn2c1N(C)c1nc(-c2ccc(C)cc2)c(C#N)s1. The van der Waals surface area contributed by atoms with E-state index in [9.17, 15) is 10.1 Å². The summed E-state index contributed by atoms with van der Waals surface area (Å²) in [5.41, 5.74) is 6.33. The molecular formula is C28H24N8OS. The van der Waals surface area contributed by atoms with Crippen molar-refractivity contribution in [1.29, 1.82) is 5.26 Å². The Morgan fingerprint density at radius 1 is 1.03 bits per heavy atom. The fraction of sp³-hybridized carbons (Fsp3) is 0.214. The molecule has 0 bridgehead atoms. The van der Waals surface area contributed by atoms with Crippen LogP contribution in [0.4, 0.5) is 16.9 Å². The number of thiazole rings is 1. The molecule has 0 amide bonds. The van der Waals surface area contributed by atoms with Gasteiger partial charge in [0.05, 0.1) is 18.8 Å².